The van der Waals surface area contributed by atoms with Gasteiger partial charge in [-0.25, -0.2) is 4.79 Å². The first kappa shape index (κ1) is 17.0. The van der Waals surface area contributed by atoms with Gasteiger partial charge in [-0.05, 0) is 45.7 Å². The van der Waals surface area contributed by atoms with Crippen molar-refractivity contribution >= 4 is 17.7 Å². The van der Waals surface area contributed by atoms with Crippen LogP contribution in [0.25, 0.3) is 0 Å². The molecule has 0 fully saturated rings. The van der Waals surface area contributed by atoms with E-state index < -0.39 is 0 Å². The molecule has 0 bridgehead atoms. The van der Waals surface area contributed by atoms with E-state index in [1.165, 1.54) is 0 Å². The molecule has 0 spiro atoms. The predicted molar refractivity (Wildman–Crippen MR) is 89.0 cm³/mol. The lowest BCUT2D eigenvalue weighted by Crippen LogP contribution is -2.45. The van der Waals surface area contributed by atoms with E-state index >= 15 is 0 Å². The smallest absolute Gasteiger partial charge is 0.326 e. The maximum absolute atomic E-state index is 12.2. The summed E-state index contributed by atoms with van der Waals surface area (Å²) >= 11 is 0. The van der Waals surface area contributed by atoms with Gasteiger partial charge in [-0.15, -0.1) is 0 Å². The summed E-state index contributed by atoms with van der Waals surface area (Å²) in [6, 6.07) is 5.68. The molecule has 1 rings (SSSR count). The van der Waals surface area contributed by atoms with Crippen LogP contribution in [-0.4, -0.2) is 36.5 Å². The number of carbonyl (C=O) groups is 1. The molecule has 0 aliphatic heterocycles. The third kappa shape index (κ3) is 4.77. The monoisotopic (exact) mass is 290 g/mol. The highest BCUT2D eigenvalue weighted by Gasteiger charge is 2.12. The van der Waals surface area contributed by atoms with Crippen LogP contribution in [0.5, 0.6) is 0 Å². The Morgan fingerprint density at radius 2 is 1.71 bits per heavy atom. The van der Waals surface area contributed by atoms with Gasteiger partial charge in [0.2, 0.25) is 5.96 Å². The standard InChI is InChI=1S/C16H26N4O/c1-6-17-15(20(7-2)8-3)19-16(21)18-14-12(4)10-9-11-13(14)5/h9-11H,6-8H2,1-5H3,(H2,17,18,19,21). The third-order valence-corrected chi connectivity index (χ3v) is 3.32. The Kier molecular flexibility index (Phi) is 6.72. The van der Waals surface area contributed by atoms with Crippen molar-refractivity contribution in [2.24, 2.45) is 4.99 Å². The number of nitrogens with one attached hydrogen (secondary N) is 2. The number of rotatable bonds is 4. The van der Waals surface area contributed by atoms with Crippen molar-refractivity contribution in [3.8, 4) is 0 Å². The maximum atomic E-state index is 12.2. The van der Waals surface area contributed by atoms with Gasteiger partial charge in [0.25, 0.3) is 0 Å². The highest BCUT2D eigenvalue weighted by atomic mass is 16.2. The number of benzene rings is 1. The Bertz CT molecular complexity index is 487. The van der Waals surface area contributed by atoms with E-state index in [4.69, 9.17) is 0 Å². The van der Waals surface area contributed by atoms with Gasteiger partial charge in [0.15, 0.2) is 0 Å². The van der Waals surface area contributed by atoms with Crippen LogP contribution in [0, 0.1) is 13.8 Å². The van der Waals surface area contributed by atoms with Crippen molar-refractivity contribution in [1.82, 2.24) is 10.2 Å². The van der Waals surface area contributed by atoms with E-state index in [0.29, 0.717) is 12.5 Å². The number of hydrogen-bond donors (Lipinski definition) is 2. The zero-order valence-corrected chi connectivity index (χ0v) is 13.7. The number of nitrogens with zero attached hydrogens (tertiary/aromatic N) is 2. The van der Waals surface area contributed by atoms with Gasteiger partial charge < -0.3 is 10.2 Å². The summed E-state index contributed by atoms with van der Waals surface area (Å²) < 4.78 is 0. The maximum Gasteiger partial charge on any atom is 0.326 e. The van der Waals surface area contributed by atoms with Crippen LogP contribution < -0.4 is 10.6 Å². The molecule has 2 N–H and O–H groups in total. The Labute approximate surface area is 127 Å². The lowest BCUT2D eigenvalue weighted by atomic mass is 10.1. The second kappa shape index (κ2) is 8.29. The van der Waals surface area contributed by atoms with Gasteiger partial charge in [-0.2, -0.15) is 0 Å². The topological polar surface area (TPSA) is 56.7 Å². The van der Waals surface area contributed by atoms with Crippen molar-refractivity contribution in [1.29, 1.82) is 0 Å². The van der Waals surface area contributed by atoms with Crippen molar-refractivity contribution in [3.63, 3.8) is 0 Å². The van der Waals surface area contributed by atoms with Gasteiger partial charge >= 0.3 is 6.03 Å². The number of guanidine groups is 1. The van der Waals surface area contributed by atoms with Gasteiger partial charge in [0, 0.05) is 25.3 Å². The van der Waals surface area contributed by atoms with Crippen molar-refractivity contribution in [3.05, 3.63) is 29.3 Å². The second-order valence-electron chi connectivity index (χ2n) is 4.82. The average Bonchev–Trinajstić information content (AvgIpc) is 2.44. The molecule has 0 atom stereocenters. The minimum atomic E-state index is -0.258. The van der Waals surface area contributed by atoms with Crippen LogP contribution >= 0.6 is 0 Å². The minimum absolute atomic E-state index is 0.258. The lowest BCUT2D eigenvalue weighted by molar-refractivity contribution is 0.254. The summed E-state index contributed by atoms with van der Waals surface area (Å²) in [5, 5.41) is 5.76. The molecule has 0 radical (unpaired) electrons. The SMILES string of the molecule is CCN=C(NC(=O)Nc1c(C)cccc1C)N(CC)CC. The van der Waals surface area contributed by atoms with Gasteiger partial charge in [-0.1, -0.05) is 18.2 Å². The Morgan fingerprint density at radius 3 is 2.19 bits per heavy atom. The van der Waals surface area contributed by atoms with E-state index in [1.54, 1.807) is 0 Å². The van der Waals surface area contributed by atoms with E-state index in [9.17, 15) is 4.79 Å². The fourth-order valence-corrected chi connectivity index (χ4v) is 2.15. The summed E-state index contributed by atoms with van der Waals surface area (Å²) in [6.07, 6.45) is 0. The predicted octanol–water partition coefficient (Wildman–Crippen LogP) is 3.14. The fourth-order valence-electron chi connectivity index (χ4n) is 2.15. The van der Waals surface area contributed by atoms with Crippen molar-refractivity contribution in [2.45, 2.75) is 34.6 Å². The van der Waals surface area contributed by atoms with Gasteiger partial charge in [-0.3, -0.25) is 10.3 Å². The van der Waals surface area contributed by atoms with Gasteiger partial charge in [0.05, 0.1) is 0 Å². The Morgan fingerprint density at radius 1 is 1.14 bits per heavy atom. The summed E-state index contributed by atoms with van der Waals surface area (Å²) in [6.45, 7) is 12.2. The Balaban J connectivity index is 2.82. The highest BCUT2D eigenvalue weighted by molar-refractivity contribution is 6.03. The number of anilines is 1. The largest absolute Gasteiger partial charge is 0.343 e. The molecule has 0 heterocycles. The summed E-state index contributed by atoms with van der Waals surface area (Å²) in [7, 11) is 0. The molecule has 0 saturated heterocycles. The van der Waals surface area contributed by atoms with Crippen LogP contribution in [0.2, 0.25) is 0 Å². The number of aliphatic imine (C=N–C) groups is 1. The minimum Gasteiger partial charge on any atom is -0.343 e. The van der Waals surface area contributed by atoms with Crippen LogP contribution in [0.15, 0.2) is 23.2 Å². The molecule has 0 aliphatic carbocycles. The zero-order valence-electron chi connectivity index (χ0n) is 13.7. The summed E-state index contributed by atoms with van der Waals surface area (Å²) in [5.41, 5.74) is 2.94. The molecule has 0 aromatic heterocycles. The number of carbonyl (C=O) groups excluding carboxylic acids is 1. The molecule has 0 saturated carbocycles. The van der Waals surface area contributed by atoms with Crippen LogP contribution in [0.1, 0.15) is 31.9 Å². The molecular weight excluding hydrogens is 264 g/mol. The number of aryl methyl sites for hydroxylation is 2. The first-order valence-electron chi connectivity index (χ1n) is 7.47. The molecule has 2 amide bonds. The fraction of sp³-hybridized carbons (Fsp3) is 0.500. The average molecular weight is 290 g/mol. The van der Waals surface area contributed by atoms with Crippen molar-refractivity contribution < 1.29 is 4.79 Å². The molecule has 1 aromatic rings. The molecule has 116 valence electrons. The van der Waals surface area contributed by atoms with E-state index in [-0.39, 0.29) is 6.03 Å². The molecule has 0 aliphatic rings. The first-order chi connectivity index (χ1) is 10.0. The second-order valence-corrected chi connectivity index (χ2v) is 4.82. The quantitative estimate of drug-likeness (QED) is 0.661. The molecule has 5 heteroatoms. The van der Waals surface area contributed by atoms with E-state index in [2.05, 4.69) is 15.6 Å². The molecule has 0 unspecified atom stereocenters. The van der Waals surface area contributed by atoms with Crippen LogP contribution in [0.4, 0.5) is 10.5 Å². The molecule has 1 aromatic carbocycles. The number of para-hydroxylation sites is 1. The lowest BCUT2D eigenvalue weighted by Gasteiger charge is -2.23. The molecule has 5 nitrogen and oxygen atoms in total. The summed E-state index contributed by atoms with van der Waals surface area (Å²) in [4.78, 5) is 18.6. The Hall–Kier alpha value is -2.04. The zero-order chi connectivity index (χ0) is 15.8. The summed E-state index contributed by atoms with van der Waals surface area (Å²) in [5.74, 6) is 0.617. The first-order valence-corrected chi connectivity index (χ1v) is 7.47. The van der Waals surface area contributed by atoms with Crippen LogP contribution in [-0.2, 0) is 0 Å². The van der Waals surface area contributed by atoms with E-state index in [0.717, 1.165) is 29.9 Å². The molecular formula is C16H26N4O. The van der Waals surface area contributed by atoms with Gasteiger partial charge in [0.1, 0.15) is 0 Å². The normalized spacial score (nSPS) is 11.2. The van der Waals surface area contributed by atoms with Crippen molar-refractivity contribution in [2.75, 3.05) is 25.0 Å². The molecule has 21 heavy (non-hydrogen) atoms. The number of urea groups is 1. The van der Waals surface area contributed by atoms with Crippen LogP contribution in [0.3, 0.4) is 0 Å². The highest BCUT2D eigenvalue weighted by Crippen LogP contribution is 2.19. The number of hydrogen-bond acceptors (Lipinski definition) is 2. The number of amides is 2. The van der Waals surface area contributed by atoms with E-state index in [1.807, 2.05) is 57.7 Å². The third-order valence-electron chi connectivity index (χ3n) is 3.32.